The van der Waals surface area contributed by atoms with Gasteiger partial charge in [0.1, 0.15) is 0 Å². The monoisotopic (exact) mass is 528 g/mol. The van der Waals surface area contributed by atoms with Crippen LogP contribution < -0.4 is 5.32 Å². The summed E-state index contributed by atoms with van der Waals surface area (Å²) in [5.74, 6) is 0.00653. The summed E-state index contributed by atoms with van der Waals surface area (Å²) in [4.78, 5) is 17.9. The predicted octanol–water partition coefficient (Wildman–Crippen LogP) is 5.34. The summed E-state index contributed by atoms with van der Waals surface area (Å²) >= 11 is 0. The van der Waals surface area contributed by atoms with Gasteiger partial charge in [0.05, 0.1) is 11.4 Å². The second kappa shape index (κ2) is 9.67. The number of hydrogen-bond donors (Lipinski definition) is 1. The van der Waals surface area contributed by atoms with E-state index >= 15 is 0 Å². The fourth-order valence-corrected chi connectivity index (χ4v) is 4.29. The molecule has 5 aromatic rings. The lowest BCUT2D eigenvalue weighted by molar-refractivity contribution is -0.141. The summed E-state index contributed by atoms with van der Waals surface area (Å²) < 4.78 is 45.5. The van der Waals surface area contributed by atoms with E-state index in [1.165, 1.54) is 6.20 Å². The summed E-state index contributed by atoms with van der Waals surface area (Å²) in [5.41, 5.74) is 3.30. The van der Waals surface area contributed by atoms with E-state index in [0.29, 0.717) is 17.0 Å². The van der Waals surface area contributed by atoms with Gasteiger partial charge >= 0.3 is 12.2 Å². The Bertz CT molecular complexity index is 1670. The van der Waals surface area contributed by atoms with E-state index in [1.54, 1.807) is 24.3 Å². The Hall–Kier alpha value is -5.06. The highest BCUT2D eigenvalue weighted by Gasteiger charge is 2.33. The van der Waals surface area contributed by atoms with Gasteiger partial charge in [-0.2, -0.15) is 18.3 Å². The number of ketones is 1. The number of nitrogens with one attached hydrogen (secondary N) is 1. The third kappa shape index (κ3) is 4.93. The first-order chi connectivity index (χ1) is 18.8. The second-order valence-corrected chi connectivity index (χ2v) is 8.79. The minimum Gasteiger partial charge on any atom is -0.403 e. The van der Waals surface area contributed by atoms with Crippen LogP contribution in [0.5, 0.6) is 0 Å². The van der Waals surface area contributed by atoms with Crippen LogP contribution in [0.25, 0.3) is 17.1 Å². The van der Waals surface area contributed by atoms with Crippen molar-refractivity contribution in [1.82, 2.24) is 20.0 Å². The Balaban J connectivity index is 1.24. The molecule has 0 fully saturated rings. The number of aliphatic imine (C=N–C) groups is 1. The Morgan fingerprint density at radius 2 is 1.62 bits per heavy atom. The molecule has 0 unspecified atom stereocenters. The van der Waals surface area contributed by atoms with E-state index < -0.39 is 18.0 Å². The van der Waals surface area contributed by atoms with Gasteiger partial charge < -0.3 is 9.73 Å². The van der Waals surface area contributed by atoms with E-state index in [9.17, 15) is 18.0 Å². The molecule has 1 atom stereocenters. The first kappa shape index (κ1) is 24.3. The van der Waals surface area contributed by atoms with Crippen LogP contribution in [0.1, 0.15) is 22.4 Å². The fraction of sp³-hybridized carbons (Fsp3) is 0.107. The van der Waals surface area contributed by atoms with E-state index in [0.717, 1.165) is 27.4 Å². The van der Waals surface area contributed by atoms with Crippen molar-refractivity contribution in [2.24, 2.45) is 4.99 Å². The minimum absolute atomic E-state index is 0.0106. The molecule has 11 heteroatoms. The maximum Gasteiger partial charge on any atom is 0.435 e. The highest BCUT2D eigenvalue weighted by Crippen LogP contribution is 2.29. The smallest absolute Gasteiger partial charge is 0.403 e. The molecule has 0 bridgehead atoms. The van der Waals surface area contributed by atoms with E-state index in [1.807, 2.05) is 54.6 Å². The highest BCUT2D eigenvalue weighted by molar-refractivity contribution is 6.16. The third-order valence-corrected chi connectivity index (χ3v) is 6.19. The molecule has 6 rings (SSSR count). The second-order valence-electron chi connectivity index (χ2n) is 8.79. The predicted molar refractivity (Wildman–Crippen MR) is 137 cm³/mol. The molecule has 8 nitrogen and oxygen atoms in total. The fourth-order valence-electron chi connectivity index (χ4n) is 4.29. The summed E-state index contributed by atoms with van der Waals surface area (Å²) in [5, 5.41) is 14.6. The Labute approximate surface area is 219 Å². The maximum absolute atomic E-state index is 13.1. The number of Topliss-reactive ketones (excluding diaryl/α,β-unsaturated/α-hetero) is 1. The molecule has 0 radical (unpaired) electrons. The number of benzene rings is 3. The Morgan fingerprint density at radius 1 is 0.872 bits per heavy atom. The van der Waals surface area contributed by atoms with E-state index in [2.05, 4.69) is 20.6 Å². The molecule has 3 heterocycles. The number of halogens is 3. The van der Waals surface area contributed by atoms with Crippen LogP contribution >= 0.6 is 0 Å². The molecular weight excluding hydrogens is 509 g/mol. The van der Waals surface area contributed by atoms with Crippen LogP contribution in [0.4, 0.5) is 19.2 Å². The first-order valence-corrected chi connectivity index (χ1v) is 11.9. The van der Waals surface area contributed by atoms with Crippen molar-refractivity contribution in [3.05, 3.63) is 114 Å². The molecule has 2 aromatic heterocycles. The van der Waals surface area contributed by atoms with E-state index in [4.69, 9.17) is 9.41 Å². The summed E-state index contributed by atoms with van der Waals surface area (Å²) in [7, 11) is 0. The topological polar surface area (TPSA) is 98.2 Å². The van der Waals surface area contributed by atoms with Gasteiger partial charge in [-0.05, 0) is 35.9 Å². The number of carbonyl (C=O) groups excluding carboxylic acids is 1. The number of anilines is 1. The van der Waals surface area contributed by atoms with Gasteiger partial charge in [0.15, 0.2) is 17.6 Å². The van der Waals surface area contributed by atoms with Gasteiger partial charge in [0, 0.05) is 29.3 Å². The number of alkyl halides is 3. The van der Waals surface area contributed by atoms with Crippen LogP contribution in [-0.2, 0) is 17.4 Å². The van der Waals surface area contributed by atoms with Gasteiger partial charge in [-0.25, -0.2) is 4.68 Å². The van der Waals surface area contributed by atoms with Gasteiger partial charge in [-0.1, -0.05) is 59.7 Å². The third-order valence-electron chi connectivity index (χ3n) is 6.19. The molecular formula is C28H19F3N6O2. The first-order valence-electron chi connectivity index (χ1n) is 11.9. The van der Waals surface area contributed by atoms with Crippen molar-refractivity contribution in [2.75, 3.05) is 5.32 Å². The summed E-state index contributed by atoms with van der Waals surface area (Å²) in [6, 6.07) is 24.6. The van der Waals surface area contributed by atoms with Gasteiger partial charge in [-0.3, -0.25) is 9.79 Å². The molecule has 194 valence electrons. The number of hydrogen-bond acceptors (Lipinski definition) is 7. The van der Waals surface area contributed by atoms with E-state index in [-0.39, 0.29) is 24.1 Å². The molecule has 39 heavy (non-hydrogen) atoms. The molecule has 0 saturated carbocycles. The quantitative estimate of drug-likeness (QED) is 0.331. The van der Waals surface area contributed by atoms with Crippen molar-refractivity contribution in [3.8, 4) is 17.1 Å². The van der Waals surface area contributed by atoms with Gasteiger partial charge in [0.2, 0.25) is 5.89 Å². The van der Waals surface area contributed by atoms with Crippen molar-refractivity contribution < 1.29 is 22.4 Å². The lowest BCUT2D eigenvalue weighted by Gasteiger charge is -2.11. The number of carbonyl (C=O) groups is 1. The maximum atomic E-state index is 13.1. The van der Waals surface area contributed by atoms with Crippen LogP contribution in [0, 0.1) is 0 Å². The van der Waals surface area contributed by atoms with Crippen LogP contribution in [0.2, 0.25) is 0 Å². The zero-order chi connectivity index (χ0) is 27.0. The van der Waals surface area contributed by atoms with Crippen LogP contribution in [0.15, 0.2) is 101 Å². The lowest BCUT2D eigenvalue weighted by Crippen LogP contribution is -2.29. The zero-order valence-electron chi connectivity index (χ0n) is 20.1. The molecule has 1 aliphatic rings. The lowest BCUT2D eigenvalue weighted by atomic mass is 9.96. The molecule has 0 saturated heterocycles. The normalized spacial score (nSPS) is 15.4. The molecule has 0 spiro atoms. The number of rotatable bonds is 5. The average molecular weight is 528 g/mol. The number of fused-ring (bicyclic) bond motifs is 1. The van der Waals surface area contributed by atoms with Crippen LogP contribution in [0.3, 0.4) is 0 Å². The van der Waals surface area contributed by atoms with Crippen molar-refractivity contribution in [3.63, 3.8) is 0 Å². The Morgan fingerprint density at radius 3 is 2.36 bits per heavy atom. The molecule has 1 N–H and O–H groups in total. The molecule has 0 amide bonds. The number of aromatic nitrogens is 4. The van der Waals surface area contributed by atoms with Crippen molar-refractivity contribution in [2.45, 2.75) is 18.8 Å². The van der Waals surface area contributed by atoms with Gasteiger partial charge in [-0.15, -0.1) is 5.10 Å². The summed E-state index contributed by atoms with van der Waals surface area (Å²) in [6.07, 6.45) is -4.06. The molecule has 1 aliphatic heterocycles. The molecule has 0 aliphatic carbocycles. The Kier molecular flexibility index (Phi) is 6.02. The van der Waals surface area contributed by atoms with Crippen LogP contribution in [-0.4, -0.2) is 37.6 Å². The average Bonchev–Trinajstić information content (AvgIpc) is 3.60. The van der Waals surface area contributed by atoms with Gasteiger partial charge in [0.25, 0.3) is 0 Å². The number of nitrogens with zero attached hydrogens (tertiary/aromatic N) is 5. The zero-order valence-corrected chi connectivity index (χ0v) is 20.1. The largest absolute Gasteiger partial charge is 0.435 e. The standard InChI is InChI=1S/C28H19F3N6O2/c29-28(30,31)23-14-15-37(36-23)20-12-10-18(11-13-20)26-34-35-27(39-26)33-25-22(38)16-19-8-4-5-9-21(19)24(32-25)17-6-2-1-3-7-17/h1-15,25H,16H2,(H,33,35)/t25-/m1/s1. The minimum atomic E-state index is -4.52. The highest BCUT2D eigenvalue weighted by atomic mass is 19.4. The van der Waals surface area contributed by atoms with Crippen molar-refractivity contribution in [1.29, 1.82) is 0 Å². The SMILES string of the molecule is O=C1Cc2ccccc2C(c2ccccc2)=N[C@@H]1Nc1nnc(-c2ccc(-n3ccc(C(F)(F)F)n3)cc2)o1. The summed E-state index contributed by atoms with van der Waals surface area (Å²) in [6.45, 7) is 0. The van der Waals surface area contributed by atoms with Crippen molar-refractivity contribution >= 4 is 17.5 Å². The molecule has 3 aromatic carbocycles.